The Morgan fingerprint density at radius 1 is 1.05 bits per heavy atom. The molecular formula is C14H24N2O3. The van der Waals surface area contributed by atoms with Crippen molar-refractivity contribution in [3.05, 3.63) is 0 Å². The van der Waals surface area contributed by atoms with Gasteiger partial charge in [-0.15, -0.1) is 0 Å². The number of carbonyl (C=O) groups excluding carboxylic acids is 2. The zero-order chi connectivity index (χ0) is 13.8. The van der Waals surface area contributed by atoms with Gasteiger partial charge in [-0.1, -0.05) is 0 Å². The first-order valence-electron chi connectivity index (χ1n) is 7.30. The van der Waals surface area contributed by atoms with E-state index in [1.165, 1.54) is 0 Å². The van der Waals surface area contributed by atoms with Gasteiger partial charge in [0.05, 0.1) is 6.10 Å². The second-order valence-electron chi connectivity index (χ2n) is 5.79. The summed E-state index contributed by atoms with van der Waals surface area (Å²) in [5.74, 6) is 0.271. The molecule has 0 aromatic carbocycles. The highest BCUT2D eigenvalue weighted by Crippen LogP contribution is 2.21. The third-order valence-corrected chi connectivity index (χ3v) is 4.35. The monoisotopic (exact) mass is 268 g/mol. The van der Waals surface area contributed by atoms with Crippen molar-refractivity contribution >= 4 is 11.8 Å². The summed E-state index contributed by atoms with van der Waals surface area (Å²) >= 11 is 0. The van der Waals surface area contributed by atoms with Crippen LogP contribution in [0.2, 0.25) is 0 Å². The zero-order valence-electron chi connectivity index (χ0n) is 11.6. The van der Waals surface area contributed by atoms with E-state index in [0.29, 0.717) is 13.1 Å². The third kappa shape index (κ3) is 3.93. The maximum absolute atomic E-state index is 12.1. The largest absolute Gasteiger partial charge is 0.393 e. The molecule has 1 heterocycles. The highest BCUT2D eigenvalue weighted by atomic mass is 16.3. The van der Waals surface area contributed by atoms with Gasteiger partial charge in [-0.05, 0) is 38.5 Å². The minimum atomic E-state index is -0.188. The SMILES string of the molecule is CC(=O)N1CCC(C(=O)NC2CCC(O)CC2)CC1. The summed E-state index contributed by atoms with van der Waals surface area (Å²) in [6.07, 6.45) is 4.66. The molecule has 0 bridgehead atoms. The molecule has 5 heteroatoms. The van der Waals surface area contributed by atoms with Crippen LogP contribution in [-0.4, -0.2) is 47.1 Å². The molecule has 0 unspecified atom stereocenters. The Hall–Kier alpha value is -1.10. The van der Waals surface area contributed by atoms with Gasteiger partial charge >= 0.3 is 0 Å². The maximum atomic E-state index is 12.1. The molecule has 0 aromatic rings. The van der Waals surface area contributed by atoms with E-state index in [4.69, 9.17) is 0 Å². The van der Waals surface area contributed by atoms with Crippen LogP contribution in [-0.2, 0) is 9.59 Å². The molecule has 2 amide bonds. The number of likely N-dealkylation sites (tertiary alicyclic amines) is 1. The van der Waals surface area contributed by atoms with Gasteiger partial charge in [0, 0.05) is 32.0 Å². The molecule has 5 nitrogen and oxygen atoms in total. The number of nitrogens with zero attached hydrogens (tertiary/aromatic N) is 1. The molecule has 1 aliphatic heterocycles. The quantitative estimate of drug-likeness (QED) is 0.773. The lowest BCUT2D eigenvalue weighted by Gasteiger charge is -2.32. The predicted molar refractivity (Wildman–Crippen MR) is 71.4 cm³/mol. The van der Waals surface area contributed by atoms with E-state index in [2.05, 4.69) is 5.32 Å². The lowest BCUT2D eigenvalue weighted by atomic mass is 9.91. The minimum absolute atomic E-state index is 0.0439. The molecule has 1 aliphatic carbocycles. The van der Waals surface area contributed by atoms with Crippen molar-refractivity contribution in [1.82, 2.24) is 10.2 Å². The van der Waals surface area contributed by atoms with Gasteiger partial charge < -0.3 is 15.3 Å². The first-order valence-corrected chi connectivity index (χ1v) is 7.30. The predicted octanol–water partition coefficient (Wildman–Crippen LogP) is 0.665. The number of hydrogen-bond acceptors (Lipinski definition) is 3. The van der Waals surface area contributed by atoms with E-state index in [1.807, 2.05) is 0 Å². The Morgan fingerprint density at radius 2 is 1.63 bits per heavy atom. The van der Waals surface area contributed by atoms with Crippen molar-refractivity contribution in [2.24, 2.45) is 5.92 Å². The van der Waals surface area contributed by atoms with E-state index >= 15 is 0 Å². The van der Waals surface area contributed by atoms with Crippen molar-refractivity contribution < 1.29 is 14.7 Å². The first-order chi connectivity index (χ1) is 9.06. The van der Waals surface area contributed by atoms with E-state index in [9.17, 15) is 14.7 Å². The summed E-state index contributed by atoms with van der Waals surface area (Å²) < 4.78 is 0. The van der Waals surface area contributed by atoms with E-state index in [0.717, 1.165) is 38.5 Å². The van der Waals surface area contributed by atoms with Crippen LogP contribution in [0.3, 0.4) is 0 Å². The van der Waals surface area contributed by atoms with Gasteiger partial charge in [0.15, 0.2) is 0 Å². The van der Waals surface area contributed by atoms with Gasteiger partial charge in [0.1, 0.15) is 0 Å². The Balaban J connectivity index is 1.74. The lowest BCUT2D eigenvalue weighted by Crippen LogP contribution is -2.46. The molecule has 1 saturated heterocycles. The molecule has 0 atom stereocenters. The van der Waals surface area contributed by atoms with Gasteiger partial charge in [0.2, 0.25) is 11.8 Å². The van der Waals surface area contributed by atoms with E-state index in [1.54, 1.807) is 11.8 Å². The molecule has 0 radical (unpaired) electrons. The highest BCUT2D eigenvalue weighted by Gasteiger charge is 2.28. The Bertz CT molecular complexity index is 330. The third-order valence-electron chi connectivity index (χ3n) is 4.35. The molecule has 2 rings (SSSR count). The fourth-order valence-electron chi connectivity index (χ4n) is 3.00. The van der Waals surface area contributed by atoms with Gasteiger partial charge in [-0.3, -0.25) is 9.59 Å². The Kier molecular flexibility index (Phi) is 4.80. The van der Waals surface area contributed by atoms with Crippen LogP contribution < -0.4 is 5.32 Å². The van der Waals surface area contributed by atoms with Crippen LogP contribution in [0.5, 0.6) is 0 Å². The van der Waals surface area contributed by atoms with Crippen molar-refractivity contribution in [3.63, 3.8) is 0 Å². The summed E-state index contributed by atoms with van der Waals surface area (Å²) in [6.45, 7) is 2.96. The topological polar surface area (TPSA) is 69.6 Å². The maximum Gasteiger partial charge on any atom is 0.223 e. The first kappa shape index (κ1) is 14.3. The number of hydrogen-bond donors (Lipinski definition) is 2. The van der Waals surface area contributed by atoms with E-state index < -0.39 is 0 Å². The Morgan fingerprint density at radius 3 is 2.16 bits per heavy atom. The lowest BCUT2D eigenvalue weighted by molar-refractivity contribution is -0.134. The molecular weight excluding hydrogens is 244 g/mol. The van der Waals surface area contributed by atoms with Crippen LogP contribution >= 0.6 is 0 Å². The molecule has 2 fully saturated rings. The summed E-state index contributed by atoms with van der Waals surface area (Å²) in [7, 11) is 0. The Labute approximate surface area is 114 Å². The number of amides is 2. The fraction of sp³-hybridized carbons (Fsp3) is 0.857. The molecule has 108 valence electrons. The van der Waals surface area contributed by atoms with Crippen molar-refractivity contribution in [2.75, 3.05) is 13.1 Å². The minimum Gasteiger partial charge on any atom is -0.393 e. The molecule has 0 aromatic heterocycles. The number of aliphatic hydroxyl groups is 1. The van der Waals surface area contributed by atoms with Crippen molar-refractivity contribution in [2.45, 2.75) is 57.6 Å². The molecule has 19 heavy (non-hydrogen) atoms. The molecule has 0 spiro atoms. The number of aliphatic hydroxyl groups excluding tert-OH is 1. The molecule has 1 saturated carbocycles. The molecule has 2 aliphatic rings. The fourth-order valence-corrected chi connectivity index (χ4v) is 3.00. The highest BCUT2D eigenvalue weighted by molar-refractivity contribution is 5.79. The average molecular weight is 268 g/mol. The molecule has 2 N–H and O–H groups in total. The number of nitrogens with one attached hydrogen (secondary N) is 1. The van der Waals surface area contributed by atoms with Crippen molar-refractivity contribution in [1.29, 1.82) is 0 Å². The standard InChI is InChI=1S/C14H24N2O3/c1-10(17)16-8-6-11(7-9-16)14(19)15-12-2-4-13(18)5-3-12/h11-13,18H,2-9H2,1H3,(H,15,19). The number of piperidine rings is 1. The smallest absolute Gasteiger partial charge is 0.223 e. The van der Waals surface area contributed by atoms with Gasteiger partial charge in [-0.25, -0.2) is 0 Å². The second kappa shape index (κ2) is 6.37. The number of rotatable bonds is 2. The van der Waals surface area contributed by atoms with Crippen LogP contribution in [0, 0.1) is 5.92 Å². The van der Waals surface area contributed by atoms with Gasteiger partial charge in [-0.2, -0.15) is 0 Å². The summed E-state index contributed by atoms with van der Waals surface area (Å²) in [6, 6.07) is 0.224. The second-order valence-corrected chi connectivity index (χ2v) is 5.79. The van der Waals surface area contributed by atoms with Crippen LogP contribution in [0.25, 0.3) is 0 Å². The normalized spacial score (nSPS) is 29.1. The van der Waals surface area contributed by atoms with Gasteiger partial charge in [0.25, 0.3) is 0 Å². The van der Waals surface area contributed by atoms with Crippen LogP contribution in [0.15, 0.2) is 0 Å². The van der Waals surface area contributed by atoms with E-state index in [-0.39, 0.29) is 29.9 Å². The average Bonchev–Trinajstić information content (AvgIpc) is 2.41. The summed E-state index contributed by atoms with van der Waals surface area (Å²) in [5, 5.41) is 12.5. The number of carbonyl (C=O) groups is 2. The van der Waals surface area contributed by atoms with Crippen molar-refractivity contribution in [3.8, 4) is 0 Å². The summed E-state index contributed by atoms with van der Waals surface area (Å²) in [5.41, 5.74) is 0. The summed E-state index contributed by atoms with van der Waals surface area (Å²) in [4.78, 5) is 25.2. The zero-order valence-corrected chi connectivity index (χ0v) is 11.6. The van der Waals surface area contributed by atoms with Crippen LogP contribution in [0.1, 0.15) is 45.4 Å². The van der Waals surface area contributed by atoms with Crippen LogP contribution in [0.4, 0.5) is 0 Å².